The molecule has 0 spiro atoms. The van der Waals surface area contributed by atoms with Gasteiger partial charge in [0, 0.05) is 24.2 Å². The molecule has 0 aromatic heterocycles. The SMILES string of the molecule is NC(=O)[C@@]1(Cc2ccccc2-c2ccccc2F)CCN(C(=O)c2ccccc2)C1. The van der Waals surface area contributed by atoms with Gasteiger partial charge in [0.05, 0.1) is 5.41 Å². The van der Waals surface area contributed by atoms with Crippen molar-refractivity contribution in [2.45, 2.75) is 12.8 Å². The van der Waals surface area contributed by atoms with Gasteiger partial charge < -0.3 is 10.6 Å². The molecule has 1 aliphatic rings. The molecule has 3 aromatic carbocycles. The third-order valence-electron chi connectivity index (χ3n) is 5.89. The van der Waals surface area contributed by atoms with Crippen LogP contribution in [0, 0.1) is 11.2 Å². The van der Waals surface area contributed by atoms with Crippen LogP contribution in [0.25, 0.3) is 11.1 Å². The van der Waals surface area contributed by atoms with Gasteiger partial charge in [0.25, 0.3) is 5.91 Å². The Balaban J connectivity index is 1.64. The molecule has 3 aromatic rings. The van der Waals surface area contributed by atoms with Gasteiger partial charge in [-0.3, -0.25) is 9.59 Å². The zero-order chi connectivity index (χ0) is 21.1. The predicted molar refractivity (Wildman–Crippen MR) is 114 cm³/mol. The van der Waals surface area contributed by atoms with E-state index in [2.05, 4.69) is 0 Å². The first-order chi connectivity index (χ1) is 14.5. The fourth-order valence-electron chi connectivity index (χ4n) is 4.22. The molecular formula is C25H23FN2O2. The molecule has 0 unspecified atom stereocenters. The molecule has 5 heteroatoms. The van der Waals surface area contributed by atoms with Gasteiger partial charge >= 0.3 is 0 Å². The monoisotopic (exact) mass is 402 g/mol. The second-order valence-electron chi connectivity index (χ2n) is 7.80. The molecule has 1 heterocycles. The van der Waals surface area contributed by atoms with Crippen LogP contribution in [-0.2, 0) is 11.2 Å². The Labute approximate surface area is 175 Å². The van der Waals surface area contributed by atoms with Crippen LogP contribution in [0.4, 0.5) is 4.39 Å². The summed E-state index contributed by atoms with van der Waals surface area (Å²) in [7, 11) is 0. The molecule has 4 nitrogen and oxygen atoms in total. The second-order valence-corrected chi connectivity index (χ2v) is 7.80. The average Bonchev–Trinajstić information content (AvgIpc) is 3.20. The van der Waals surface area contributed by atoms with Gasteiger partial charge in [-0.15, -0.1) is 0 Å². The lowest BCUT2D eigenvalue weighted by Crippen LogP contribution is -2.42. The van der Waals surface area contributed by atoms with Gasteiger partial charge in [0.2, 0.25) is 5.91 Å². The van der Waals surface area contributed by atoms with Crippen molar-refractivity contribution < 1.29 is 14.0 Å². The number of likely N-dealkylation sites (tertiary alicyclic amines) is 1. The van der Waals surface area contributed by atoms with Crippen LogP contribution >= 0.6 is 0 Å². The lowest BCUT2D eigenvalue weighted by atomic mass is 9.78. The molecule has 0 bridgehead atoms. The number of carbonyl (C=O) groups is 2. The number of carbonyl (C=O) groups excluding carboxylic acids is 2. The molecule has 30 heavy (non-hydrogen) atoms. The highest BCUT2D eigenvalue weighted by Gasteiger charge is 2.45. The van der Waals surface area contributed by atoms with Gasteiger partial charge in [-0.2, -0.15) is 0 Å². The minimum absolute atomic E-state index is 0.110. The molecule has 1 saturated heterocycles. The largest absolute Gasteiger partial charge is 0.369 e. The van der Waals surface area contributed by atoms with Crippen LogP contribution in [0.15, 0.2) is 78.9 Å². The van der Waals surface area contributed by atoms with E-state index in [0.29, 0.717) is 30.5 Å². The van der Waals surface area contributed by atoms with E-state index in [4.69, 9.17) is 5.73 Å². The van der Waals surface area contributed by atoms with Crippen LogP contribution in [0.3, 0.4) is 0 Å². The summed E-state index contributed by atoms with van der Waals surface area (Å²) in [6.07, 6.45) is 0.831. The van der Waals surface area contributed by atoms with Crippen LogP contribution in [0.1, 0.15) is 22.3 Å². The molecule has 152 valence electrons. The van der Waals surface area contributed by atoms with E-state index in [-0.39, 0.29) is 18.3 Å². The van der Waals surface area contributed by atoms with Crippen LogP contribution < -0.4 is 5.73 Å². The van der Waals surface area contributed by atoms with Crippen molar-refractivity contribution in [1.29, 1.82) is 0 Å². The number of halogens is 1. The van der Waals surface area contributed by atoms with E-state index in [0.717, 1.165) is 11.1 Å². The number of rotatable bonds is 5. The zero-order valence-corrected chi connectivity index (χ0v) is 16.6. The number of amides is 2. The molecule has 2 N–H and O–H groups in total. The number of benzene rings is 3. The molecule has 1 fully saturated rings. The normalized spacial score (nSPS) is 18.4. The Morgan fingerprint density at radius 3 is 2.23 bits per heavy atom. The third kappa shape index (κ3) is 3.71. The molecule has 0 radical (unpaired) electrons. The van der Waals surface area contributed by atoms with Crippen molar-refractivity contribution in [3.8, 4) is 11.1 Å². The Morgan fingerprint density at radius 2 is 1.53 bits per heavy atom. The van der Waals surface area contributed by atoms with Crippen LogP contribution in [0.5, 0.6) is 0 Å². The molecule has 1 atom stereocenters. The summed E-state index contributed by atoms with van der Waals surface area (Å²) in [5, 5.41) is 0. The third-order valence-corrected chi connectivity index (χ3v) is 5.89. The standard InChI is InChI=1S/C25H23FN2O2/c26-22-13-7-6-12-21(22)20-11-5-4-10-19(20)16-25(24(27)30)14-15-28(17-25)23(29)18-8-2-1-3-9-18/h1-13H,14-17H2,(H2,27,30)/t25-/m1/s1. The number of hydrogen-bond donors (Lipinski definition) is 1. The summed E-state index contributed by atoms with van der Waals surface area (Å²) in [5.41, 5.74) is 7.63. The molecular weight excluding hydrogens is 379 g/mol. The maximum Gasteiger partial charge on any atom is 0.253 e. The Bertz CT molecular complexity index is 1080. The van der Waals surface area contributed by atoms with E-state index in [1.54, 1.807) is 35.2 Å². The summed E-state index contributed by atoms with van der Waals surface area (Å²) < 4.78 is 14.4. The van der Waals surface area contributed by atoms with Gasteiger partial charge in [0.1, 0.15) is 5.82 Å². The van der Waals surface area contributed by atoms with Crippen molar-refractivity contribution in [1.82, 2.24) is 4.90 Å². The number of hydrogen-bond acceptors (Lipinski definition) is 2. The van der Waals surface area contributed by atoms with Gasteiger partial charge in [-0.1, -0.05) is 60.7 Å². The number of nitrogens with two attached hydrogens (primary N) is 1. The van der Waals surface area contributed by atoms with Crippen molar-refractivity contribution in [2.24, 2.45) is 11.1 Å². The minimum Gasteiger partial charge on any atom is -0.369 e. The van der Waals surface area contributed by atoms with Crippen molar-refractivity contribution in [3.63, 3.8) is 0 Å². The molecule has 1 aliphatic heterocycles. The summed E-state index contributed by atoms with van der Waals surface area (Å²) in [6, 6.07) is 23.1. The molecule has 0 aliphatic carbocycles. The van der Waals surface area contributed by atoms with Gasteiger partial charge in [-0.05, 0) is 42.2 Å². The Kier molecular flexibility index (Phi) is 5.36. The van der Waals surface area contributed by atoms with Gasteiger partial charge in [0.15, 0.2) is 0 Å². The Hall–Kier alpha value is -3.47. The fourth-order valence-corrected chi connectivity index (χ4v) is 4.22. The molecule has 0 saturated carbocycles. The van der Waals surface area contributed by atoms with Crippen LogP contribution in [0.2, 0.25) is 0 Å². The fraction of sp³-hybridized carbons (Fsp3) is 0.200. The van der Waals surface area contributed by atoms with Crippen LogP contribution in [-0.4, -0.2) is 29.8 Å². The van der Waals surface area contributed by atoms with E-state index in [9.17, 15) is 14.0 Å². The van der Waals surface area contributed by atoms with E-state index in [1.807, 2.05) is 42.5 Å². The molecule has 4 rings (SSSR count). The predicted octanol–water partition coefficient (Wildman–Crippen LogP) is 4.05. The van der Waals surface area contributed by atoms with Crippen molar-refractivity contribution in [2.75, 3.05) is 13.1 Å². The highest BCUT2D eigenvalue weighted by atomic mass is 19.1. The zero-order valence-electron chi connectivity index (χ0n) is 16.6. The number of primary amides is 1. The summed E-state index contributed by atoms with van der Waals surface area (Å²) in [6.45, 7) is 0.709. The highest BCUT2D eigenvalue weighted by molar-refractivity contribution is 5.95. The first-order valence-electron chi connectivity index (χ1n) is 9.97. The smallest absolute Gasteiger partial charge is 0.253 e. The average molecular weight is 402 g/mol. The summed E-state index contributed by atoms with van der Waals surface area (Å²) in [5.74, 6) is -0.860. The van der Waals surface area contributed by atoms with E-state index < -0.39 is 11.3 Å². The summed E-state index contributed by atoms with van der Waals surface area (Å²) >= 11 is 0. The Morgan fingerprint density at radius 1 is 0.900 bits per heavy atom. The van der Waals surface area contributed by atoms with Gasteiger partial charge in [-0.25, -0.2) is 4.39 Å². The first-order valence-corrected chi connectivity index (χ1v) is 9.97. The summed E-state index contributed by atoms with van der Waals surface area (Å²) in [4.78, 5) is 27.1. The maximum atomic E-state index is 14.4. The minimum atomic E-state index is -0.883. The van der Waals surface area contributed by atoms with Crippen molar-refractivity contribution >= 4 is 11.8 Å². The van der Waals surface area contributed by atoms with Crippen molar-refractivity contribution in [3.05, 3.63) is 95.8 Å². The lowest BCUT2D eigenvalue weighted by Gasteiger charge is -2.27. The highest BCUT2D eigenvalue weighted by Crippen LogP contribution is 2.38. The number of nitrogens with zero attached hydrogens (tertiary/aromatic N) is 1. The first kappa shape index (κ1) is 19.8. The van der Waals surface area contributed by atoms with E-state index >= 15 is 0 Å². The topological polar surface area (TPSA) is 63.4 Å². The maximum absolute atomic E-state index is 14.4. The molecule has 2 amide bonds. The quantitative estimate of drug-likeness (QED) is 0.700. The second kappa shape index (κ2) is 8.11. The lowest BCUT2D eigenvalue weighted by molar-refractivity contribution is -0.126. The van der Waals surface area contributed by atoms with E-state index in [1.165, 1.54) is 6.07 Å².